The van der Waals surface area contributed by atoms with Gasteiger partial charge in [0.2, 0.25) is 0 Å². The lowest BCUT2D eigenvalue weighted by Crippen LogP contribution is -2.49. The van der Waals surface area contributed by atoms with Crippen molar-refractivity contribution in [2.24, 2.45) is 11.7 Å². The maximum Gasteiger partial charge on any atom is 0.250 e. The normalized spacial score (nSPS) is 20.8. The minimum atomic E-state index is -0.443. The van der Waals surface area contributed by atoms with Gasteiger partial charge in [0.05, 0.1) is 17.7 Å². The number of rotatable bonds is 6. The van der Waals surface area contributed by atoms with Crippen molar-refractivity contribution < 1.29 is 9.53 Å². The van der Waals surface area contributed by atoms with Crippen LogP contribution in [0.15, 0.2) is 30.5 Å². The molecule has 6 nitrogen and oxygen atoms in total. The Bertz CT molecular complexity index is 749. The van der Waals surface area contributed by atoms with Gasteiger partial charge in [-0.25, -0.2) is 0 Å². The number of nitrogens with one attached hydrogen (secondary N) is 1. The molecule has 1 fully saturated rings. The van der Waals surface area contributed by atoms with Crippen molar-refractivity contribution in [2.45, 2.75) is 19.4 Å². The lowest BCUT2D eigenvalue weighted by Gasteiger charge is -2.39. The average molecular weight is 342 g/mol. The summed E-state index contributed by atoms with van der Waals surface area (Å²) >= 11 is 0. The van der Waals surface area contributed by atoms with Crippen LogP contribution in [0.25, 0.3) is 10.9 Å². The van der Waals surface area contributed by atoms with Gasteiger partial charge < -0.3 is 20.7 Å². The van der Waals surface area contributed by atoms with E-state index in [1.165, 1.54) is 0 Å². The Labute approximate surface area is 148 Å². The number of piperidine rings is 1. The van der Waals surface area contributed by atoms with Gasteiger partial charge in [-0.1, -0.05) is 6.92 Å². The second-order valence-electron chi connectivity index (χ2n) is 6.79. The van der Waals surface area contributed by atoms with Crippen LogP contribution >= 0.6 is 0 Å². The van der Waals surface area contributed by atoms with Gasteiger partial charge in [0.15, 0.2) is 0 Å². The maximum atomic E-state index is 11.7. The molecule has 2 heterocycles. The van der Waals surface area contributed by atoms with Crippen molar-refractivity contribution in [3.8, 4) is 0 Å². The monoisotopic (exact) mass is 342 g/mol. The molecule has 134 valence electrons. The van der Waals surface area contributed by atoms with Gasteiger partial charge in [-0.05, 0) is 36.6 Å². The highest BCUT2D eigenvalue weighted by atomic mass is 16.5. The molecule has 1 saturated heterocycles. The number of benzene rings is 1. The molecule has 0 aliphatic carbocycles. The van der Waals surface area contributed by atoms with E-state index in [4.69, 9.17) is 10.5 Å². The van der Waals surface area contributed by atoms with Crippen LogP contribution in [0.5, 0.6) is 0 Å². The van der Waals surface area contributed by atoms with Gasteiger partial charge >= 0.3 is 0 Å². The quantitative estimate of drug-likeness (QED) is 0.782. The van der Waals surface area contributed by atoms with E-state index in [0.29, 0.717) is 29.6 Å². The number of hydrogen-bond donors (Lipinski definition) is 2. The van der Waals surface area contributed by atoms with E-state index in [2.05, 4.69) is 22.1 Å². The zero-order valence-corrected chi connectivity index (χ0v) is 14.9. The molecule has 0 spiro atoms. The first-order valence-electron chi connectivity index (χ1n) is 8.75. The lowest BCUT2D eigenvalue weighted by atomic mass is 9.94. The maximum absolute atomic E-state index is 11.7. The second kappa shape index (κ2) is 7.80. The smallest absolute Gasteiger partial charge is 0.250 e. The molecule has 3 rings (SSSR count). The lowest BCUT2D eigenvalue weighted by molar-refractivity contribution is 0.100. The Morgan fingerprint density at radius 3 is 3.00 bits per heavy atom. The minimum Gasteiger partial charge on any atom is -0.383 e. The molecule has 2 unspecified atom stereocenters. The Morgan fingerprint density at radius 1 is 1.40 bits per heavy atom. The Morgan fingerprint density at radius 2 is 2.24 bits per heavy atom. The number of aromatic nitrogens is 1. The van der Waals surface area contributed by atoms with Crippen LogP contribution in [0, 0.1) is 5.92 Å². The minimum absolute atomic E-state index is 0.418. The predicted molar refractivity (Wildman–Crippen MR) is 99.9 cm³/mol. The Balaban J connectivity index is 1.90. The molecule has 1 aliphatic rings. The van der Waals surface area contributed by atoms with Crippen molar-refractivity contribution in [1.82, 2.24) is 10.3 Å². The van der Waals surface area contributed by atoms with Crippen LogP contribution in [0.2, 0.25) is 0 Å². The summed E-state index contributed by atoms with van der Waals surface area (Å²) in [4.78, 5) is 18.5. The number of carbonyl (C=O) groups excluding carboxylic acids is 1. The molecule has 3 N–H and O–H groups in total. The molecule has 1 aromatic heterocycles. The van der Waals surface area contributed by atoms with Gasteiger partial charge in [-0.3, -0.25) is 9.78 Å². The first-order valence-corrected chi connectivity index (χ1v) is 8.75. The van der Waals surface area contributed by atoms with Gasteiger partial charge in [0, 0.05) is 50.1 Å². The molecule has 2 atom stereocenters. The van der Waals surface area contributed by atoms with E-state index in [9.17, 15) is 4.79 Å². The number of fused-ring (bicyclic) bond motifs is 1. The zero-order valence-electron chi connectivity index (χ0n) is 14.9. The molecular weight excluding hydrogens is 316 g/mol. The number of anilines is 1. The number of hydrogen-bond acceptors (Lipinski definition) is 5. The summed E-state index contributed by atoms with van der Waals surface area (Å²) < 4.78 is 5.14. The second-order valence-corrected chi connectivity index (χ2v) is 6.79. The summed E-state index contributed by atoms with van der Waals surface area (Å²) in [5, 5.41) is 4.55. The molecule has 0 radical (unpaired) electrons. The fourth-order valence-electron chi connectivity index (χ4n) is 3.69. The molecule has 6 heteroatoms. The van der Waals surface area contributed by atoms with E-state index in [1.54, 1.807) is 19.4 Å². The topological polar surface area (TPSA) is 80.5 Å². The first kappa shape index (κ1) is 17.6. The fraction of sp³-hybridized carbons (Fsp3) is 0.474. The number of nitrogens with zero attached hydrogens (tertiary/aromatic N) is 2. The third kappa shape index (κ3) is 3.91. The number of pyridine rings is 1. The van der Waals surface area contributed by atoms with Crippen LogP contribution in [0.4, 0.5) is 5.69 Å². The van der Waals surface area contributed by atoms with Crippen molar-refractivity contribution in [3.63, 3.8) is 0 Å². The number of carbonyl (C=O) groups is 1. The highest BCUT2D eigenvalue weighted by molar-refractivity contribution is 6.08. The average Bonchev–Trinajstić information content (AvgIpc) is 2.60. The zero-order chi connectivity index (χ0) is 17.8. The first-order chi connectivity index (χ1) is 12.1. The van der Waals surface area contributed by atoms with E-state index in [0.717, 1.165) is 37.1 Å². The largest absolute Gasteiger partial charge is 0.383 e. The third-order valence-electron chi connectivity index (χ3n) is 4.75. The standard InChI is InChI=1S/C19H26N4O2/c1-13-10-14(21-8-9-25-2)12-23(11-13)17-6-5-16(19(20)24)18-15(17)4-3-7-22-18/h3-7,13-14,21H,8-12H2,1-2H3,(H2,20,24). The van der Waals surface area contributed by atoms with E-state index in [1.807, 2.05) is 18.2 Å². The molecule has 1 aromatic carbocycles. The SMILES string of the molecule is COCCNC1CC(C)CN(c2ccc(C(N)=O)c3ncccc23)C1. The van der Waals surface area contributed by atoms with Gasteiger partial charge in [-0.2, -0.15) is 0 Å². The third-order valence-corrected chi connectivity index (χ3v) is 4.75. The van der Waals surface area contributed by atoms with Gasteiger partial charge in [-0.15, -0.1) is 0 Å². The van der Waals surface area contributed by atoms with Crippen molar-refractivity contribution in [1.29, 1.82) is 0 Å². The summed E-state index contributed by atoms with van der Waals surface area (Å²) in [6.45, 7) is 5.75. The highest BCUT2D eigenvalue weighted by Gasteiger charge is 2.26. The summed E-state index contributed by atoms with van der Waals surface area (Å²) in [6.07, 6.45) is 2.85. The van der Waals surface area contributed by atoms with E-state index in [-0.39, 0.29) is 0 Å². The van der Waals surface area contributed by atoms with Crippen molar-refractivity contribution in [3.05, 3.63) is 36.0 Å². The molecule has 2 aromatic rings. The van der Waals surface area contributed by atoms with Crippen molar-refractivity contribution >= 4 is 22.5 Å². The highest BCUT2D eigenvalue weighted by Crippen LogP contribution is 2.31. The molecule has 0 saturated carbocycles. The van der Waals surface area contributed by atoms with Crippen LogP contribution in [0.1, 0.15) is 23.7 Å². The molecule has 25 heavy (non-hydrogen) atoms. The predicted octanol–water partition coefficient (Wildman–Crippen LogP) is 1.78. The number of nitrogens with two attached hydrogens (primary N) is 1. The molecule has 0 bridgehead atoms. The summed E-state index contributed by atoms with van der Waals surface area (Å²) in [7, 11) is 1.72. The summed E-state index contributed by atoms with van der Waals surface area (Å²) in [5.41, 5.74) is 7.76. The molecular formula is C19H26N4O2. The molecule has 1 amide bonds. The Kier molecular flexibility index (Phi) is 5.50. The number of ether oxygens (including phenoxy) is 1. The molecule has 1 aliphatic heterocycles. The number of methoxy groups -OCH3 is 1. The van der Waals surface area contributed by atoms with Crippen LogP contribution in [-0.4, -0.2) is 50.3 Å². The van der Waals surface area contributed by atoms with Crippen LogP contribution in [0.3, 0.4) is 0 Å². The fourth-order valence-corrected chi connectivity index (χ4v) is 3.69. The van der Waals surface area contributed by atoms with Gasteiger partial charge in [0.1, 0.15) is 0 Å². The summed E-state index contributed by atoms with van der Waals surface area (Å²) in [6, 6.07) is 8.12. The van der Waals surface area contributed by atoms with Crippen molar-refractivity contribution in [2.75, 3.05) is 38.3 Å². The van der Waals surface area contributed by atoms with Crippen LogP contribution < -0.4 is 16.0 Å². The van der Waals surface area contributed by atoms with E-state index < -0.39 is 5.91 Å². The van der Waals surface area contributed by atoms with Gasteiger partial charge in [0.25, 0.3) is 5.91 Å². The Hall–Kier alpha value is -2.18. The number of primary amides is 1. The van der Waals surface area contributed by atoms with Crippen LogP contribution in [-0.2, 0) is 4.74 Å². The summed E-state index contributed by atoms with van der Waals surface area (Å²) in [5.74, 6) is 0.137. The number of amides is 1. The van der Waals surface area contributed by atoms with E-state index >= 15 is 0 Å².